The number of anilines is 1. The molecule has 5 nitrogen and oxygen atoms in total. The van der Waals surface area contributed by atoms with Crippen LogP contribution in [0.4, 0.5) is 5.69 Å². The van der Waals surface area contributed by atoms with E-state index in [0.29, 0.717) is 5.69 Å². The molecule has 2 aromatic carbocycles. The molecule has 2 N–H and O–H groups in total. The minimum absolute atomic E-state index is 0.109. The second-order valence-electron chi connectivity index (χ2n) is 6.23. The van der Waals surface area contributed by atoms with Crippen molar-refractivity contribution in [1.82, 2.24) is 4.72 Å². The highest BCUT2D eigenvalue weighted by atomic mass is 32.2. The van der Waals surface area contributed by atoms with Crippen LogP contribution < -0.4 is 10.0 Å². The summed E-state index contributed by atoms with van der Waals surface area (Å²) < 4.78 is 26.7. The van der Waals surface area contributed by atoms with Gasteiger partial charge in [0.1, 0.15) is 0 Å². The second-order valence-corrected chi connectivity index (χ2v) is 9.27. The minimum Gasteiger partial charge on any atom is -0.325 e. The molecule has 0 bridgehead atoms. The van der Waals surface area contributed by atoms with Gasteiger partial charge in [-0.1, -0.05) is 30.3 Å². The summed E-state index contributed by atoms with van der Waals surface area (Å²) in [6.45, 7) is 5.38. The van der Waals surface area contributed by atoms with E-state index in [1.54, 1.807) is 37.7 Å². The van der Waals surface area contributed by atoms with Gasteiger partial charge in [-0.3, -0.25) is 4.79 Å². The number of rotatable bonds is 8. The Labute approximate surface area is 159 Å². The van der Waals surface area contributed by atoms with Crippen LogP contribution in [0.25, 0.3) is 0 Å². The average molecular weight is 393 g/mol. The number of carbonyl (C=O) groups excluding carboxylic acids is 1. The summed E-state index contributed by atoms with van der Waals surface area (Å²) in [5, 5.41) is 2.60. The quantitative estimate of drug-likeness (QED) is 0.719. The van der Waals surface area contributed by atoms with Crippen molar-refractivity contribution in [3.05, 3.63) is 60.2 Å². The van der Waals surface area contributed by atoms with Crippen LogP contribution in [0.3, 0.4) is 0 Å². The SMILES string of the molecule is CC(C)NS(=O)(=O)c1ccc(NC(=O)C(C)SCc2ccccc2)cc1. The normalized spacial score (nSPS) is 12.8. The summed E-state index contributed by atoms with van der Waals surface area (Å²) in [5.41, 5.74) is 1.75. The van der Waals surface area contributed by atoms with Gasteiger partial charge in [-0.25, -0.2) is 13.1 Å². The Bertz CT molecular complexity index is 820. The minimum atomic E-state index is -3.53. The van der Waals surface area contributed by atoms with E-state index in [-0.39, 0.29) is 22.1 Å². The Morgan fingerprint density at radius 2 is 1.62 bits per heavy atom. The highest BCUT2D eigenvalue weighted by Crippen LogP contribution is 2.20. The fourth-order valence-corrected chi connectivity index (χ4v) is 4.31. The van der Waals surface area contributed by atoms with E-state index in [2.05, 4.69) is 10.0 Å². The fraction of sp³-hybridized carbons (Fsp3) is 0.316. The van der Waals surface area contributed by atoms with E-state index in [1.165, 1.54) is 17.7 Å². The molecule has 0 heterocycles. The number of sulfonamides is 1. The summed E-state index contributed by atoms with van der Waals surface area (Å²) in [4.78, 5) is 12.5. The molecule has 7 heteroatoms. The number of carbonyl (C=O) groups is 1. The van der Waals surface area contributed by atoms with Gasteiger partial charge in [-0.2, -0.15) is 0 Å². The molecule has 0 fully saturated rings. The first kappa shape index (κ1) is 20.5. The standard InChI is InChI=1S/C19H24N2O3S2/c1-14(2)21-26(23,24)18-11-9-17(10-12-18)20-19(22)15(3)25-13-16-7-5-4-6-8-16/h4-12,14-15,21H,13H2,1-3H3,(H,20,22). The molecule has 140 valence electrons. The smallest absolute Gasteiger partial charge is 0.240 e. The first-order valence-corrected chi connectivity index (χ1v) is 10.9. The van der Waals surface area contributed by atoms with E-state index in [0.717, 1.165) is 5.75 Å². The molecule has 0 aliphatic carbocycles. The van der Waals surface area contributed by atoms with Crippen LogP contribution in [0.2, 0.25) is 0 Å². The molecule has 2 rings (SSSR count). The number of thioether (sulfide) groups is 1. The monoisotopic (exact) mass is 392 g/mol. The van der Waals surface area contributed by atoms with Crippen molar-refractivity contribution in [3.8, 4) is 0 Å². The molecule has 0 saturated heterocycles. The number of amides is 1. The number of nitrogens with one attached hydrogen (secondary N) is 2. The Morgan fingerprint density at radius 3 is 2.19 bits per heavy atom. The van der Waals surface area contributed by atoms with Gasteiger partial charge in [-0.15, -0.1) is 11.8 Å². The zero-order chi connectivity index (χ0) is 19.2. The summed E-state index contributed by atoms with van der Waals surface area (Å²) in [6.07, 6.45) is 0. The van der Waals surface area contributed by atoms with Gasteiger partial charge in [0.25, 0.3) is 0 Å². The molecule has 0 aromatic heterocycles. The highest BCUT2D eigenvalue weighted by Gasteiger charge is 2.16. The number of hydrogen-bond donors (Lipinski definition) is 2. The Balaban J connectivity index is 1.92. The van der Waals surface area contributed by atoms with Crippen molar-refractivity contribution < 1.29 is 13.2 Å². The molecule has 2 aromatic rings. The van der Waals surface area contributed by atoms with E-state index in [4.69, 9.17) is 0 Å². The zero-order valence-corrected chi connectivity index (χ0v) is 16.7. The zero-order valence-electron chi connectivity index (χ0n) is 15.1. The maximum atomic E-state index is 12.3. The molecular weight excluding hydrogens is 368 g/mol. The van der Waals surface area contributed by atoms with E-state index in [1.807, 2.05) is 37.3 Å². The van der Waals surface area contributed by atoms with E-state index in [9.17, 15) is 13.2 Å². The molecule has 1 atom stereocenters. The number of benzene rings is 2. The van der Waals surface area contributed by atoms with Crippen molar-refractivity contribution in [2.45, 2.75) is 42.7 Å². The van der Waals surface area contributed by atoms with Gasteiger partial charge in [0.05, 0.1) is 10.1 Å². The summed E-state index contributed by atoms with van der Waals surface area (Å²) >= 11 is 1.55. The Kier molecular flexibility index (Phi) is 7.25. The molecule has 26 heavy (non-hydrogen) atoms. The van der Waals surface area contributed by atoms with Crippen molar-refractivity contribution >= 4 is 33.4 Å². The summed E-state index contributed by atoms with van der Waals surface area (Å²) in [6, 6.07) is 16.0. The first-order chi connectivity index (χ1) is 12.3. The molecule has 0 spiro atoms. The maximum Gasteiger partial charge on any atom is 0.240 e. The van der Waals surface area contributed by atoms with Crippen LogP contribution in [0.1, 0.15) is 26.3 Å². The molecule has 0 aliphatic heterocycles. The molecule has 1 amide bonds. The van der Waals surface area contributed by atoms with E-state index < -0.39 is 10.0 Å². The van der Waals surface area contributed by atoms with Gasteiger partial charge >= 0.3 is 0 Å². The second kappa shape index (κ2) is 9.21. The molecule has 0 radical (unpaired) electrons. The number of hydrogen-bond acceptors (Lipinski definition) is 4. The predicted molar refractivity (Wildman–Crippen MR) is 108 cm³/mol. The third kappa shape index (κ3) is 6.16. The van der Waals surface area contributed by atoms with Crippen LogP contribution in [-0.4, -0.2) is 25.6 Å². The first-order valence-electron chi connectivity index (χ1n) is 8.37. The largest absolute Gasteiger partial charge is 0.325 e. The Morgan fingerprint density at radius 1 is 1.00 bits per heavy atom. The third-order valence-corrected chi connectivity index (χ3v) is 6.42. The molecule has 1 unspecified atom stereocenters. The van der Waals surface area contributed by atoms with E-state index >= 15 is 0 Å². The van der Waals surface area contributed by atoms with Crippen molar-refractivity contribution in [1.29, 1.82) is 0 Å². The fourth-order valence-electron chi connectivity index (χ4n) is 2.21. The Hall–Kier alpha value is -1.83. The lowest BCUT2D eigenvalue weighted by molar-refractivity contribution is -0.115. The lowest BCUT2D eigenvalue weighted by atomic mass is 10.2. The highest BCUT2D eigenvalue weighted by molar-refractivity contribution is 7.99. The molecule has 0 saturated carbocycles. The lowest BCUT2D eigenvalue weighted by Gasteiger charge is -2.13. The van der Waals surface area contributed by atoms with Crippen LogP contribution >= 0.6 is 11.8 Å². The maximum absolute atomic E-state index is 12.3. The van der Waals surface area contributed by atoms with Gasteiger partial charge in [0, 0.05) is 17.5 Å². The summed E-state index contributed by atoms with van der Waals surface area (Å²) in [7, 11) is -3.53. The van der Waals surface area contributed by atoms with Crippen molar-refractivity contribution in [2.24, 2.45) is 0 Å². The summed E-state index contributed by atoms with van der Waals surface area (Å²) in [5.74, 6) is 0.648. The van der Waals surface area contributed by atoms with Crippen LogP contribution in [0.15, 0.2) is 59.5 Å². The average Bonchev–Trinajstić information content (AvgIpc) is 2.60. The third-order valence-electron chi connectivity index (χ3n) is 3.54. The van der Waals surface area contributed by atoms with Crippen LogP contribution in [0, 0.1) is 0 Å². The van der Waals surface area contributed by atoms with Crippen LogP contribution in [0.5, 0.6) is 0 Å². The predicted octanol–water partition coefficient (Wildman–Crippen LogP) is 3.63. The van der Waals surface area contributed by atoms with Crippen LogP contribution in [-0.2, 0) is 20.6 Å². The van der Waals surface area contributed by atoms with Gasteiger partial charge in [-0.05, 0) is 50.6 Å². The van der Waals surface area contributed by atoms with Gasteiger partial charge < -0.3 is 5.32 Å². The van der Waals surface area contributed by atoms with Crippen molar-refractivity contribution in [2.75, 3.05) is 5.32 Å². The van der Waals surface area contributed by atoms with Gasteiger partial charge in [0.2, 0.25) is 15.9 Å². The van der Waals surface area contributed by atoms with Gasteiger partial charge in [0.15, 0.2) is 0 Å². The molecule has 0 aliphatic rings. The van der Waals surface area contributed by atoms with Crippen molar-refractivity contribution in [3.63, 3.8) is 0 Å². The molecular formula is C19H24N2O3S2. The lowest BCUT2D eigenvalue weighted by Crippen LogP contribution is -2.30. The topological polar surface area (TPSA) is 75.3 Å².